The van der Waals surface area contributed by atoms with E-state index in [-0.39, 0.29) is 11.3 Å². The van der Waals surface area contributed by atoms with Crippen LogP contribution in [0.25, 0.3) is 16.9 Å². The Bertz CT molecular complexity index is 1510. The van der Waals surface area contributed by atoms with Crippen LogP contribution < -0.4 is 5.73 Å². The minimum Gasteiger partial charge on any atom is -0.508 e. The Labute approximate surface area is 222 Å². The summed E-state index contributed by atoms with van der Waals surface area (Å²) in [6.07, 6.45) is -1.66. The van der Waals surface area contributed by atoms with Gasteiger partial charge in [-0.1, -0.05) is 39.0 Å². The number of fused-ring (bicyclic) bond motifs is 3. The monoisotopic (exact) mass is 537 g/mol. The van der Waals surface area contributed by atoms with E-state index in [4.69, 9.17) is 5.73 Å². The van der Waals surface area contributed by atoms with E-state index in [1.54, 1.807) is 26.8 Å². The summed E-state index contributed by atoms with van der Waals surface area (Å²) in [6.45, 7) is 4.87. The van der Waals surface area contributed by atoms with Crippen molar-refractivity contribution in [3.05, 3.63) is 70.2 Å². The Kier molecular flexibility index (Phi) is 5.97. The van der Waals surface area contributed by atoms with Crippen LogP contribution in [0.15, 0.2) is 53.3 Å². The number of hydrogen-bond donors (Lipinski definition) is 6. The van der Waals surface area contributed by atoms with Crippen molar-refractivity contribution in [2.24, 2.45) is 29.4 Å². The average Bonchev–Trinajstić information content (AvgIpc) is 2.86. The first-order valence-corrected chi connectivity index (χ1v) is 12.5. The summed E-state index contributed by atoms with van der Waals surface area (Å²) >= 11 is 0. The van der Waals surface area contributed by atoms with E-state index in [2.05, 4.69) is 0 Å². The number of phenolic OH excluding ortho intramolecular Hbond substituents is 1. The van der Waals surface area contributed by atoms with Gasteiger partial charge in [-0.3, -0.25) is 14.4 Å². The Morgan fingerprint density at radius 1 is 1.05 bits per heavy atom. The maximum absolute atomic E-state index is 14.0. The number of amides is 1. The van der Waals surface area contributed by atoms with Gasteiger partial charge in [0.1, 0.15) is 28.7 Å². The molecule has 3 aliphatic rings. The molecule has 0 saturated heterocycles. The SMILES string of the molecule is CC(C)[C@H]1C(=O)C(C(N)=O)=C(O)[C@]2(O)C(=O)C3=C(O)c4c(O)ccc(-c5ccc(F)cc5)c4[C@@H](C)[C@@H]3[C@@H](O)[C@H]12. The smallest absolute Gasteiger partial charge is 0.255 e. The standard InChI is InChI=1S/C29H28FNO8/c1-10(2)16-22-25(35)18-11(3)17-14(12-4-6-13(30)7-5-12)8-9-15(32)19(17)24(34)20(18)26(36)29(22,39)27(37)21(23(16)33)28(31)38/h4-11,16,18,22,25,32,34-35,37,39H,1-3H3,(H2,31,38)/t11-,16-,18+,22+,25-,29-/m1/s1. The Morgan fingerprint density at radius 2 is 1.67 bits per heavy atom. The van der Waals surface area contributed by atoms with Gasteiger partial charge in [-0.25, -0.2) is 4.39 Å². The number of Topliss-reactive ketones (excluding diaryl/α,β-unsaturated/α-hetero) is 2. The summed E-state index contributed by atoms with van der Waals surface area (Å²) in [5.74, 6) is -11.7. The molecule has 7 N–H and O–H groups in total. The quantitative estimate of drug-likeness (QED) is 0.324. The number of aliphatic hydroxyl groups is 4. The average molecular weight is 538 g/mol. The first-order valence-electron chi connectivity index (χ1n) is 12.5. The molecule has 1 saturated carbocycles. The predicted molar refractivity (Wildman–Crippen MR) is 137 cm³/mol. The van der Waals surface area contributed by atoms with Gasteiger partial charge >= 0.3 is 0 Å². The number of primary amides is 1. The molecule has 1 amide bonds. The van der Waals surface area contributed by atoms with Gasteiger partial charge in [-0.15, -0.1) is 0 Å². The number of carbonyl (C=O) groups is 3. The highest BCUT2D eigenvalue weighted by Crippen LogP contribution is 2.58. The molecule has 6 atom stereocenters. The molecule has 10 heteroatoms. The van der Waals surface area contributed by atoms with Crippen molar-refractivity contribution in [3.63, 3.8) is 0 Å². The molecule has 0 aromatic heterocycles. The molecule has 9 nitrogen and oxygen atoms in total. The van der Waals surface area contributed by atoms with E-state index in [9.17, 15) is 44.3 Å². The fourth-order valence-electron chi connectivity index (χ4n) is 6.82. The number of aliphatic hydroxyl groups excluding tert-OH is 3. The zero-order valence-electron chi connectivity index (χ0n) is 21.3. The second-order valence-corrected chi connectivity index (χ2v) is 10.8. The van der Waals surface area contributed by atoms with Gasteiger partial charge < -0.3 is 31.3 Å². The number of halogens is 1. The van der Waals surface area contributed by atoms with Crippen molar-refractivity contribution < 1.29 is 44.3 Å². The second kappa shape index (κ2) is 8.75. The highest BCUT2D eigenvalue weighted by Gasteiger charge is 2.68. The zero-order valence-corrected chi connectivity index (χ0v) is 21.3. The van der Waals surface area contributed by atoms with Crippen molar-refractivity contribution in [2.45, 2.75) is 38.4 Å². The van der Waals surface area contributed by atoms with Crippen molar-refractivity contribution in [1.29, 1.82) is 0 Å². The number of phenols is 1. The molecule has 2 aromatic rings. The molecule has 0 bridgehead atoms. The molecule has 1 fully saturated rings. The first-order chi connectivity index (χ1) is 18.2. The van der Waals surface area contributed by atoms with Crippen LogP contribution in [0.1, 0.15) is 37.8 Å². The van der Waals surface area contributed by atoms with Gasteiger partial charge in [-0.2, -0.15) is 0 Å². The normalized spacial score (nSPS) is 30.3. The fourth-order valence-corrected chi connectivity index (χ4v) is 6.82. The molecule has 0 spiro atoms. The van der Waals surface area contributed by atoms with Crippen LogP contribution in [0, 0.1) is 29.5 Å². The van der Waals surface area contributed by atoms with Crippen LogP contribution in [-0.4, -0.2) is 54.7 Å². The summed E-state index contributed by atoms with van der Waals surface area (Å²) < 4.78 is 13.6. The van der Waals surface area contributed by atoms with Gasteiger partial charge in [-0.05, 0) is 46.7 Å². The molecule has 0 radical (unpaired) electrons. The van der Waals surface area contributed by atoms with E-state index in [0.29, 0.717) is 16.7 Å². The van der Waals surface area contributed by atoms with Crippen LogP contribution in [0.3, 0.4) is 0 Å². The maximum Gasteiger partial charge on any atom is 0.255 e. The van der Waals surface area contributed by atoms with Crippen molar-refractivity contribution in [1.82, 2.24) is 0 Å². The van der Waals surface area contributed by atoms with Gasteiger partial charge in [0.2, 0.25) is 5.78 Å². The number of hydrogen-bond acceptors (Lipinski definition) is 8. The minimum absolute atomic E-state index is 0.121. The van der Waals surface area contributed by atoms with Crippen LogP contribution in [0.4, 0.5) is 4.39 Å². The number of rotatable bonds is 3. The van der Waals surface area contributed by atoms with Crippen LogP contribution in [-0.2, 0) is 14.4 Å². The molecule has 204 valence electrons. The summed E-state index contributed by atoms with van der Waals surface area (Å²) in [6, 6.07) is 8.37. The highest BCUT2D eigenvalue weighted by atomic mass is 19.1. The minimum atomic E-state index is -2.94. The lowest BCUT2D eigenvalue weighted by atomic mass is 9.51. The zero-order chi connectivity index (χ0) is 28.7. The number of ketones is 2. The number of nitrogens with two attached hydrogens (primary N) is 1. The molecule has 39 heavy (non-hydrogen) atoms. The lowest BCUT2D eigenvalue weighted by molar-refractivity contribution is -0.171. The largest absolute Gasteiger partial charge is 0.508 e. The topological polar surface area (TPSA) is 178 Å². The lowest BCUT2D eigenvalue weighted by Gasteiger charge is -2.53. The van der Waals surface area contributed by atoms with Crippen LogP contribution in [0.2, 0.25) is 0 Å². The van der Waals surface area contributed by atoms with Gasteiger partial charge in [0.05, 0.1) is 11.7 Å². The predicted octanol–water partition coefficient (Wildman–Crippen LogP) is 2.64. The molecule has 5 rings (SSSR count). The second-order valence-electron chi connectivity index (χ2n) is 10.8. The summed E-state index contributed by atoms with van der Waals surface area (Å²) in [7, 11) is 0. The summed E-state index contributed by atoms with van der Waals surface area (Å²) in [5, 5.41) is 56.6. The third-order valence-corrected chi connectivity index (χ3v) is 8.51. The molecule has 3 aliphatic carbocycles. The van der Waals surface area contributed by atoms with Crippen molar-refractivity contribution >= 4 is 23.2 Å². The molecular formula is C29H28FNO8. The Morgan fingerprint density at radius 3 is 2.23 bits per heavy atom. The maximum atomic E-state index is 14.0. The highest BCUT2D eigenvalue weighted by molar-refractivity contribution is 6.23. The lowest BCUT2D eigenvalue weighted by Crippen LogP contribution is -2.67. The van der Waals surface area contributed by atoms with Gasteiger partial charge in [0, 0.05) is 23.3 Å². The van der Waals surface area contributed by atoms with Gasteiger partial charge in [0.15, 0.2) is 11.4 Å². The fraction of sp³-hybridized carbons (Fsp3) is 0.345. The van der Waals surface area contributed by atoms with E-state index in [1.165, 1.54) is 30.3 Å². The Hall–Kier alpha value is -4.02. The van der Waals surface area contributed by atoms with Crippen LogP contribution >= 0.6 is 0 Å². The third-order valence-electron chi connectivity index (χ3n) is 8.51. The molecule has 0 heterocycles. The van der Waals surface area contributed by atoms with E-state index in [0.717, 1.165) is 0 Å². The number of aromatic hydroxyl groups is 1. The number of carbonyl (C=O) groups excluding carboxylic acids is 3. The molecule has 0 unspecified atom stereocenters. The summed E-state index contributed by atoms with van der Waals surface area (Å²) in [4.78, 5) is 39.5. The van der Waals surface area contributed by atoms with E-state index < -0.39 is 87.2 Å². The molecule has 2 aromatic carbocycles. The van der Waals surface area contributed by atoms with Gasteiger partial charge in [0.25, 0.3) is 5.91 Å². The van der Waals surface area contributed by atoms with E-state index >= 15 is 0 Å². The first kappa shape index (κ1) is 26.6. The Balaban J connectivity index is 1.82. The summed E-state index contributed by atoms with van der Waals surface area (Å²) in [5.41, 5.74) is 2.30. The third kappa shape index (κ3) is 3.41. The number of benzene rings is 2. The van der Waals surface area contributed by atoms with Crippen molar-refractivity contribution in [2.75, 3.05) is 0 Å². The van der Waals surface area contributed by atoms with E-state index in [1.807, 2.05) is 0 Å². The molecule has 0 aliphatic heterocycles. The van der Waals surface area contributed by atoms with Crippen LogP contribution in [0.5, 0.6) is 5.75 Å². The molecular weight excluding hydrogens is 509 g/mol. The van der Waals surface area contributed by atoms with Crippen molar-refractivity contribution in [3.8, 4) is 16.9 Å².